The van der Waals surface area contributed by atoms with Crippen molar-refractivity contribution in [3.8, 4) is 5.75 Å². The second kappa shape index (κ2) is 9.79. The molecule has 2 amide bonds. The first kappa shape index (κ1) is 20.5. The first-order chi connectivity index (χ1) is 13.6. The monoisotopic (exact) mass is 421 g/mol. The molecule has 3 rings (SSSR count). The number of fused-ring (bicyclic) bond motifs is 1. The predicted molar refractivity (Wildman–Crippen MR) is 110 cm³/mol. The first-order valence-corrected chi connectivity index (χ1v) is 10.8. The van der Waals surface area contributed by atoms with Crippen molar-refractivity contribution in [3.05, 3.63) is 34.8 Å². The van der Waals surface area contributed by atoms with Crippen LogP contribution >= 0.6 is 23.1 Å². The van der Waals surface area contributed by atoms with Crippen molar-refractivity contribution >= 4 is 40.2 Å². The third kappa shape index (κ3) is 5.39. The Labute approximate surface area is 172 Å². The van der Waals surface area contributed by atoms with Gasteiger partial charge in [-0.2, -0.15) is 0 Å². The molecule has 0 aliphatic carbocycles. The number of anilines is 1. The van der Waals surface area contributed by atoms with Gasteiger partial charge in [0.1, 0.15) is 5.75 Å². The van der Waals surface area contributed by atoms with E-state index in [-0.39, 0.29) is 12.0 Å². The lowest BCUT2D eigenvalue weighted by Crippen LogP contribution is -2.35. The number of hydrogen-bond donors (Lipinski definition) is 1. The van der Waals surface area contributed by atoms with Crippen molar-refractivity contribution in [2.24, 2.45) is 0 Å². The van der Waals surface area contributed by atoms with E-state index < -0.39 is 0 Å². The minimum atomic E-state index is -0.334. The highest BCUT2D eigenvalue weighted by molar-refractivity contribution is 7.99. The van der Waals surface area contributed by atoms with E-state index >= 15 is 0 Å². The van der Waals surface area contributed by atoms with Crippen LogP contribution in [0.15, 0.2) is 29.2 Å². The zero-order valence-corrected chi connectivity index (χ0v) is 17.5. The molecule has 2 heterocycles. The molecule has 1 aromatic heterocycles. The van der Waals surface area contributed by atoms with Gasteiger partial charge >= 0.3 is 6.09 Å². The lowest BCUT2D eigenvalue weighted by Gasteiger charge is -2.24. The summed E-state index contributed by atoms with van der Waals surface area (Å²) in [5.74, 6) is 1.66. The molecule has 1 aromatic carbocycles. The Kier molecular flexibility index (Phi) is 7.16. The molecular formula is C19H23N3O4S2. The molecule has 28 heavy (non-hydrogen) atoms. The van der Waals surface area contributed by atoms with Gasteiger partial charge < -0.3 is 19.7 Å². The minimum Gasteiger partial charge on any atom is -0.497 e. The molecule has 9 heteroatoms. The quantitative estimate of drug-likeness (QED) is 0.541. The highest BCUT2D eigenvalue weighted by Gasteiger charge is 2.24. The third-order valence-corrected chi connectivity index (χ3v) is 6.38. The van der Waals surface area contributed by atoms with Gasteiger partial charge in [-0.05, 0) is 36.4 Å². The minimum absolute atomic E-state index is 0.0359. The lowest BCUT2D eigenvalue weighted by atomic mass is 10.2. The van der Waals surface area contributed by atoms with Crippen molar-refractivity contribution in [2.45, 2.75) is 30.7 Å². The molecule has 1 aliphatic rings. The number of thiazole rings is 1. The lowest BCUT2D eigenvalue weighted by molar-refractivity contribution is -0.116. The number of carbonyl (C=O) groups is 2. The Morgan fingerprint density at radius 2 is 2.07 bits per heavy atom. The van der Waals surface area contributed by atoms with Crippen molar-refractivity contribution in [1.29, 1.82) is 0 Å². The molecule has 0 unspecified atom stereocenters. The third-order valence-electron chi connectivity index (χ3n) is 4.29. The molecule has 0 atom stereocenters. The topological polar surface area (TPSA) is 80.8 Å². The number of methoxy groups -OCH3 is 2. The van der Waals surface area contributed by atoms with Crippen LogP contribution in [0.1, 0.15) is 23.4 Å². The van der Waals surface area contributed by atoms with E-state index in [4.69, 9.17) is 9.47 Å². The molecule has 0 saturated heterocycles. The molecule has 150 valence electrons. The van der Waals surface area contributed by atoms with Gasteiger partial charge in [-0.25, -0.2) is 9.78 Å². The number of amides is 2. The van der Waals surface area contributed by atoms with E-state index in [9.17, 15) is 9.59 Å². The van der Waals surface area contributed by atoms with Gasteiger partial charge in [-0.3, -0.25) is 4.79 Å². The van der Waals surface area contributed by atoms with Crippen LogP contribution in [-0.4, -0.2) is 48.4 Å². The Morgan fingerprint density at radius 1 is 1.29 bits per heavy atom. The van der Waals surface area contributed by atoms with Gasteiger partial charge in [0, 0.05) is 29.2 Å². The van der Waals surface area contributed by atoms with Crippen molar-refractivity contribution < 1.29 is 19.1 Å². The Bertz CT molecular complexity index is 823. The fourth-order valence-corrected chi connectivity index (χ4v) is 4.70. The van der Waals surface area contributed by atoms with E-state index in [0.717, 1.165) is 33.4 Å². The molecule has 0 saturated carbocycles. The normalized spacial score (nSPS) is 13.0. The molecule has 1 N–H and O–H groups in total. The van der Waals surface area contributed by atoms with Crippen LogP contribution in [0, 0.1) is 0 Å². The maximum atomic E-state index is 12.2. The molecule has 1 aliphatic heterocycles. The van der Waals surface area contributed by atoms with Gasteiger partial charge in [-0.15, -0.1) is 11.8 Å². The SMILES string of the molecule is COC(=O)N1CCc2nc(NC(=O)CCCSc3ccc(OC)cc3)sc2C1. The van der Waals surface area contributed by atoms with Crippen LogP contribution in [0.5, 0.6) is 5.75 Å². The average Bonchev–Trinajstić information content (AvgIpc) is 3.12. The van der Waals surface area contributed by atoms with Crippen molar-refractivity contribution in [3.63, 3.8) is 0 Å². The smallest absolute Gasteiger partial charge is 0.409 e. The van der Waals surface area contributed by atoms with Gasteiger partial charge in [0.15, 0.2) is 5.13 Å². The molecule has 2 aromatic rings. The van der Waals surface area contributed by atoms with E-state index in [0.29, 0.717) is 31.1 Å². The maximum Gasteiger partial charge on any atom is 0.409 e. The number of benzene rings is 1. The van der Waals surface area contributed by atoms with Crippen LogP contribution < -0.4 is 10.1 Å². The number of thioether (sulfide) groups is 1. The summed E-state index contributed by atoms with van der Waals surface area (Å²) < 4.78 is 9.91. The van der Waals surface area contributed by atoms with Crippen LogP contribution in [0.2, 0.25) is 0 Å². The zero-order valence-electron chi connectivity index (χ0n) is 15.9. The van der Waals surface area contributed by atoms with Crippen LogP contribution in [0.25, 0.3) is 0 Å². The van der Waals surface area contributed by atoms with Gasteiger partial charge in [-0.1, -0.05) is 11.3 Å². The number of carbonyl (C=O) groups excluding carboxylic acids is 2. The first-order valence-electron chi connectivity index (χ1n) is 8.97. The summed E-state index contributed by atoms with van der Waals surface area (Å²) in [5.41, 5.74) is 0.954. The van der Waals surface area contributed by atoms with Gasteiger partial charge in [0.2, 0.25) is 5.91 Å². The maximum absolute atomic E-state index is 12.2. The van der Waals surface area contributed by atoms with Crippen LogP contribution in [0.4, 0.5) is 9.93 Å². The fourth-order valence-electron chi connectivity index (χ4n) is 2.81. The number of hydrogen-bond acceptors (Lipinski definition) is 7. The number of nitrogens with zero attached hydrogens (tertiary/aromatic N) is 2. The van der Waals surface area contributed by atoms with Crippen LogP contribution in [-0.2, 0) is 22.5 Å². The van der Waals surface area contributed by atoms with Gasteiger partial charge in [0.25, 0.3) is 0 Å². The molecule has 0 radical (unpaired) electrons. The van der Waals surface area contributed by atoms with E-state index in [2.05, 4.69) is 10.3 Å². The van der Waals surface area contributed by atoms with Crippen LogP contribution in [0.3, 0.4) is 0 Å². The summed E-state index contributed by atoms with van der Waals surface area (Å²) in [6.07, 6.45) is 1.57. The molecule has 0 fully saturated rings. The van der Waals surface area contributed by atoms with E-state index in [1.54, 1.807) is 23.8 Å². The predicted octanol–water partition coefficient (Wildman–Crippen LogP) is 3.79. The molecule has 0 bridgehead atoms. The Morgan fingerprint density at radius 3 is 2.79 bits per heavy atom. The van der Waals surface area contributed by atoms with E-state index in [1.807, 2.05) is 24.3 Å². The second-order valence-corrected chi connectivity index (χ2v) is 8.46. The standard InChI is InChI=1S/C19H23N3O4S2/c1-25-13-5-7-14(8-6-13)27-11-3-4-17(23)21-18-20-15-9-10-22(19(24)26-2)12-16(15)28-18/h5-8H,3-4,9-12H2,1-2H3,(H,20,21,23). The zero-order chi connectivity index (χ0) is 19.9. The largest absolute Gasteiger partial charge is 0.497 e. The fraction of sp³-hybridized carbons (Fsp3) is 0.421. The summed E-state index contributed by atoms with van der Waals surface area (Å²) in [6.45, 7) is 1.06. The number of aromatic nitrogens is 1. The summed E-state index contributed by atoms with van der Waals surface area (Å²) in [6, 6.07) is 7.89. The number of ether oxygens (including phenoxy) is 2. The van der Waals surface area contributed by atoms with Gasteiger partial charge in [0.05, 0.1) is 26.5 Å². The number of nitrogens with one attached hydrogen (secondary N) is 1. The summed E-state index contributed by atoms with van der Waals surface area (Å²) >= 11 is 3.14. The van der Waals surface area contributed by atoms with E-state index in [1.165, 1.54) is 18.4 Å². The molecular weight excluding hydrogens is 398 g/mol. The molecule has 7 nitrogen and oxygen atoms in total. The Hall–Kier alpha value is -2.26. The average molecular weight is 422 g/mol. The highest BCUT2D eigenvalue weighted by Crippen LogP contribution is 2.29. The summed E-state index contributed by atoms with van der Waals surface area (Å²) in [7, 11) is 3.03. The summed E-state index contributed by atoms with van der Waals surface area (Å²) in [4.78, 5) is 32.1. The molecule has 0 spiro atoms. The van der Waals surface area contributed by atoms with Crippen molar-refractivity contribution in [1.82, 2.24) is 9.88 Å². The van der Waals surface area contributed by atoms with Crippen molar-refractivity contribution in [2.75, 3.05) is 31.8 Å². The highest BCUT2D eigenvalue weighted by atomic mass is 32.2. The second-order valence-electron chi connectivity index (χ2n) is 6.21. The summed E-state index contributed by atoms with van der Waals surface area (Å²) in [5, 5.41) is 3.48. The number of rotatable bonds is 7. The Balaban J connectivity index is 1.41.